The third kappa shape index (κ3) is 1.84. The number of nitrogens with zero attached hydrogens (tertiary/aromatic N) is 1. The zero-order valence-electron chi connectivity index (χ0n) is 9.00. The van der Waals surface area contributed by atoms with E-state index in [9.17, 15) is 0 Å². The summed E-state index contributed by atoms with van der Waals surface area (Å²) in [4.78, 5) is 1.93. The summed E-state index contributed by atoms with van der Waals surface area (Å²) in [6, 6.07) is 3.63. The van der Waals surface area contributed by atoms with Crippen LogP contribution in [0, 0.1) is 0 Å². The SMILES string of the molecule is COc1cc(N)c(OC)c(N(C)C)c1. The molecule has 0 amide bonds. The number of nitrogens with two attached hydrogens (primary N) is 1. The van der Waals surface area contributed by atoms with Gasteiger partial charge in [0.2, 0.25) is 0 Å². The molecular weight excluding hydrogens is 180 g/mol. The van der Waals surface area contributed by atoms with Crippen LogP contribution in [0.25, 0.3) is 0 Å². The highest BCUT2D eigenvalue weighted by molar-refractivity contribution is 5.72. The average Bonchev–Trinajstić information content (AvgIpc) is 2.16. The maximum absolute atomic E-state index is 5.81. The van der Waals surface area contributed by atoms with Gasteiger partial charge in [0, 0.05) is 26.2 Å². The van der Waals surface area contributed by atoms with E-state index in [1.807, 2.05) is 25.1 Å². The van der Waals surface area contributed by atoms with Crippen LogP contribution < -0.4 is 20.1 Å². The molecule has 2 N–H and O–H groups in total. The van der Waals surface area contributed by atoms with E-state index in [1.54, 1.807) is 20.3 Å². The summed E-state index contributed by atoms with van der Waals surface area (Å²) in [5, 5.41) is 0. The first-order chi connectivity index (χ1) is 6.60. The van der Waals surface area contributed by atoms with Gasteiger partial charge in [-0.1, -0.05) is 0 Å². The lowest BCUT2D eigenvalue weighted by Gasteiger charge is -2.19. The molecule has 1 aromatic carbocycles. The highest BCUT2D eigenvalue weighted by Crippen LogP contribution is 2.36. The number of anilines is 2. The molecule has 0 fully saturated rings. The molecule has 1 aromatic rings. The maximum atomic E-state index is 5.81. The van der Waals surface area contributed by atoms with Crippen molar-refractivity contribution >= 4 is 11.4 Å². The van der Waals surface area contributed by atoms with Gasteiger partial charge in [-0.3, -0.25) is 0 Å². The number of nitrogen functional groups attached to an aromatic ring is 1. The Hall–Kier alpha value is -1.58. The van der Waals surface area contributed by atoms with Crippen molar-refractivity contribution in [3.63, 3.8) is 0 Å². The predicted octanol–water partition coefficient (Wildman–Crippen LogP) is 1.35. The molecule has 0 aliphatic heterocycles. The molecule has 0 heterocycles. The number of methoxy groups -OCH3 is 2. The Morgan fingerprint density at radius 2 is 1.79 bits per heavy atom. The van der Waals surface area contributed by atoms with Gasteiger partial charge in [0.15, 0.2) is 5.75 Å². The van der Waals surface area contributed by atoms with Crippen molar-refractivity contribution in [2.75, 3.05) is 38.9 Å². The molecular formula is C10H16N2O2. The maximum Gasteiger partial charge on any atom is 0.165 e. The number of hydrogen-bond donors (Lipinski definition) is 1. The first-order valence-electron chi connectivity index (χ1n) is 4.29. The van der Waals surface area contributed by atoms with Gasteiger partial charge in [-0.15, -0.1) is 0 Å². The second-order valence-corrected chi connectivity index (χ2v) is 3.16. The van der Waals surface area contributed by atoms with Crippen molar-refractivity contribution in [2.45, 2.75) is 0 Å². The molecule has 0 radical (unpaired) electrons. The van der Waals surface area contributed by atoms with Crippen molar-refractivity contribution in [3.8, 4) is 11.5 Å². The Morgan fingerprint density at radius 1 is 1.14 bits per heavy atom. The summed E-state index contributed by atoms with van der Waals surface area (Å²) in [6.45, 7) is 0. The lowest BCUT2D eigenvalue weighted by molar-refractivity contribution is 0.405. The molecule has 14 heavy (non-hydrogen) atoms. The van der Waals surface area contributed by atoms with Gasteiger partial charge >= 0.3 is 0 Å². The van der Waals surface area contributed by atoms with Crippen molar-refractivity contribution < 1.29 is 9.47 Å². The van der Waals surface area contributed by atoms with Crippen LogP contribution in [0.5, 0.6) is 11.5 Å². The highest BCUT2D eigenvalue weighted by atomic mass is 16.5. The standard InChI is InChI=1S/C10H16N2O2/c1-12(2)9-6-7(13-3)5-8(11)10(9)14-4/h5-6H,11H2,1-4H3. The number of hydrogen-bond acceptors (Lipinski definition) is 4. The monoisotopic (exact) mass is 196 g/mol. The fourth-order valence-electron chi connectivity index (χ4n) is 1.28. The summed E-state index contributed by atoms with van der Waals surface area (Å²) >= 11 is 0. The largest absolute Gasteiger partial charge is 0.497 e. The molecule has 0 unspecified atom stereocenters. The van der Waals surface area contributed by atoms with Gasteiger partial charge in [-0.25, -0.2) is 0 Å². The smallest absolute Gasteiger partial charge is 0.165 e. The first-order valence-corrected chi connectivity index (χ1v) is 4.29. The second kappa shape index (κ2) is 4.09. The minimum atomic E-state index is 0.579. The van der Waals surface area contributed by atoms with Crippen LogP contribution in [-0.4, -0.2) is 28.3 Å². The van der Waals surface area contributed by atoms with Gasteiger partial charge in [-0.05, 0) is 0 Å². The number of rotatable bonds is 3. The van der Waals surface area contributed by atoms with E-state index < -0.39 is 0 Å². The van der Waals surface area contributed by atoms with Crippen LogP contribution in [0.2, 0.25) is 0 Å². The third-order valence-electron chi connectivity index (χ3n) is 1.99. The summed E-state index contributed by atoms with van der Waals surface area (Å²) in [7, 11) is 7.07. The van der Waals surface area contributed by atoms with Crippen LogP contribution in [0.1, 0.15) is 0 Å². The molecule has 0 atom stereocenters. The van der Waals surface area contributed by atoms with E-state index >= 15 is 0 Å². The van der Waals surface area contributed by atoms with Gasteiger partial charge in [0.25, 0.3) is 0 Å². The average molecular weight is 196 g/mol. The Kier molecular flexibility index (Phi) is 3.06. The molecule has 0 saturated heterocycles. The molecule has 78 valence electrons. The number of ether oxygens (including phenoxy) is 2. The fraction of sp³-hybridized carbons (Fsp3) is 0.400. The molecule has 4 heteroatoms. The highest BCUT2D eigenvalue weighted by Gasteiger charge is 2.11. The van der Waals surface area contributed by atoms with Crippen molar-refractivity contribution in [1.29, 1.82) is 0 Å². The van der Waals surface area contributed by atoms with E-state index in [0.717, 1.165) is 11.4 Å². The van der Waals surface area contributed by atoms with Gasteiger partial charge in [-0.2, -0.15) is 0 Å². The molecule has 4 nitrogen and oxygen atoms in total. The molecule has 0 aliphatic rings. The molecule has 1 rings (SSSR count). The summed E-state index contributed by atoms with van der Waals surface area (Å²) in [5.74, 6) is 1.41. The molecule has 0 aliphatic carbocycles. The second-order valence-electron chi connectivity index (χ2n) is 3.16. The van der Waals surface area contributed by atoms with Crippen LogP contribution in [0.4, 0.5) is 11.4 Å². The lowest BCUT2D eigenvalue weighted by atomic mass is 10.2. The van der Waals surface area contributed by atoms with E-state index in [1.165, 1.54) is 0 Å². The Balaban J connectivity index is 3.28. The van der Waals surface area contributed by atoms with E-state index in [4.69, 9.17) is 15.2 Å². The van der Waals surface area contributed by atoms with Crippen LogP contribution >= 0.6 is 0 Å². The van der Waals surface area contributed by atoms with Crippen molar-refractivity contribution in [3.05, 3.63) is 12.1 Å². The molecule has 0 aromatic heterocycles. The Labute approximate surface area is 84.2 Å². The van der Waals surface area contributed by atoms with E-state index in [0.29, 0.717) is 11.4 Å². The Bertz CT molecular complexity index is 324. The van der Waals surface area contributed by atoms with Crippen molar-refractivity contribution in [2.24, 2.45) is 0 Å². The van der Waals surface area contributed by atoms with Crippen LogP contribution in [0.15, 0.2) is 12.1 Å². The normalized spacial score (nSPS) is 9.71. The fourth-order valence-corrected chi connectivity index (χ4v) is 1.28. The summed E-state index contributed by atoms with van der Waals surface area (Å²) in [6.07, 6.45) is 0. The summed E-state index contributed by atoms with van der Waals surface area (Å²) < 4.78 is 10.3. The van der Waals surface area contributed by atoms with Gasteiger partial charge in [0.05, 0.1) is 25.6 Å². The van der Waals surface area contributed by atoms with E-state index in [2.05, 4.69) is 0 Å². The minimum absolute atomic E-state index is 0.579. The minimum Gasteiger partial charge on any atom is -0.497 e. The first kappa shape index (κ1) is 10.5. The van der Waals surface area contributed by atoms with Crippen LogP contribution in [0.3, 0.4) is 0 Å². The van der Waals surface area contributed by atoms with Gasteiger partial charge < -0.3 is 20.1 Å². The molecule has 0 spiro atoms. The Morgan fingerprint density at radius 3 is 2.21 bits per heavy atom. The molecule has 0 bridgehead atoms. The van der Waals surface area contributed by atoms with Crippen molar-refractivity contribution in [1.82, 2.24) is 0 Å². The van der Waals surface area contributed by atoms with Crippen LogP contribution in [-0.2, 0) is 0 Å². The zero-order chi connectivity index (χ0) is 10.7. The van der Waals surface area contributed by atoms with E-state index in [-0.39, 0.29) is 0 Å². The topological polar surface area (TPSA) is 47.7 Å². The van der Waals surface area contributed by atoms with Gasteiger partial charge in [0.1, 0.15) is 5.75 Å². The molecule has 0 saturated carbocycles. The number of benzene rings is 1. The predicted molar refractivity (Wildman–Crippen MR) is 58.3 cm³/mol. The third-order valence-corrected chi connectivity index (χ3v) is 1.99. The quantitative estimate of drug-likeness (QED) is 0.741. The zero-order valence-corrected chi connectivity index (χ0v) is 9.00. The lowest BCUT2D eigenvalue weighted by Crippen LogP contribution is -2.11. The summed E-state index contributed by atoms with van der Waals surface area (Å²) in [5.41, 5.74) is 7.30.